The normalized spacial score (nSPS) is 13.1. The van der Waals surface area contributed by atoms with E-state index in [1.165, 1.54) is 34.8 Å². The number of fused-ring (bicyclic) bond motifs is 1. The molecule has 0 aliphatic heterocycles. The number of amides is 1. The van der Waals surface area contributed by atoms with E-state index >= 15 is 0 Å². The number of esters is 1. The van der Waals surface area contributed by atoms with Crippen LogP contribution in [0.5, 0.6) is 0 Å². The third kappa shape index (κ3) is 5.08. The van der Waals surface area contributed by atoms with Crippen LogP contribution in [-0.4, -0.2) is 40.3 Å². The average molecular weight is 438 g/mol. The largest absolute Gasteiger partial charge is 0.467 e. The summed E-state index contributed by atoms with van der Waals surface area (Å²) in [5.41, 5.74) is 0.802. The predicted molar refractivity (Wildman–Crippen MR) is 118 cm³/mol. The minimum absolute atomic E-state index is 0.0301. The number of hydrogen-bond donors (Lipinski definition) is 1. The Bertz CT molecular complexity index is 980. The first-order valence-corrected chi connectivity index (χ1v) is 11.2. The molecule has 1 amide bonds. The van der Waals surface area contributed by atoms with Crippen molar-refractivity contribution in [3.63, 3.8) is 0 Å². The van der Waals surface area contributed by atoms with Crippen molar-refractivity contribution in [2.75, 3.05) is 12.9 Å². The molecular formula is C20H27N3O4S2. The average Bonchev–Trinajstić information content (AvgIpc) is 2.99. The van der Waals surface area contributed by atoms with Gasteiger partial charge in [-0.2, -0.15) is 0 Å². The van der Waals surface area contributed by atoms with Crippen molar-refractivity contribution < 1.29 is 14.3 Å². The molecule has 0 aliphatic rings. The molecule has 0 aromatic carbocycles. The Labute approximate surface area is 178 Å². The molecule has 2 atom stereocenters. The zero-order valence-electron chi connectivity index (χ0n) is 17.4. The van der Waals surface area contributed by atoms with Crippen LogP contribution in [0.15, 0.2) is 22.6 Å². The molecule has 29 heavy (non-hydrogen) atoms. The van der Waals surface area contributed by atoms with Crippen LogP contribution < -0.4 is 10.9 Å². The van der Waals surface area contributed by atoms with Gasteiger partial charge in [0.15, 0.2) is 5.16 Å². The van der Waals surface area contributed by atoms with E-state index in [4.69, 9.17) is 4.74 Å². The van der Waals surface area contributed by atoms with Crippen molar-refractivity contribution in [2.24, 2.45) is 5.92 Å². The van der Waals surface area contributed by atoms with E-state index < -0.39 is 12.0 Å². The second-order valence-corrected chi connectivity index (χ2v) is 8.95. The molecular weight excluding hydrogens is 410 g/mol. The van der Waals surface area contributed by atoms with Crippen molar-refractivity contribution in [1.82, 2.24) is 14.9 Å². The number of ether oxygens (including phenoxy) is 1. The lowest BCUT2D eigenvalue weighted by molar-refractivity contribution is -0.146. The maximum absolute atomic E-state index is 13.0. The zero-order chi connectivity index (χ0) is 21.7. The number of nitrogens with zero attached hydrogens (tertiary/aromatic N) is 2. The maximum Gasteiger partial charge on any atom is 0.328 e. The van der Waals surface area contributed by atoms with Gasteiger partial charge in [0.2, 0.25) is 5.91 Å². The highest BCUT2D eigenvalue weighted by Crippen LogP contribution is 2.28. The van der Waals surface area contributed by atoms with Gasteiger partial charge < -0.3 is 10.1 Å². The lowest BCUT2D eigenvalue weighted by atomic mass is 9.99. The lowest BCUT2D eigenvalue weighted by Gasteiger charge is -2.21. The van der Waals surface area contributed by atoms with Gasteiger partial charge in [-0.25, -0.2) is 9.78 Å². The van der Waals surface area contributed by atoms with E-state index in [9.17, 15) is 14.4 Å². The quantitative estimate of drug-likeness (QED) is 0.281. The Morgan fingerprint density at radius 1 is 1.41 bits per heavy atom. The topological polar surface area (TPSA) is 90.3 Å². The highest BCUT2D eigenvalue weighted by atomic mass is 32.2. The fraction of sp³-hybridized carbons (Fsp3) is 0.500. The second kappa shape index (κ2) is 10.1. The summed E-state index contributed by atoms with van der Waals surface area (Å²) in [6.45, 7) is 11.7. The highest BCUT2D eigenvalue weighted by Gasteiger charge is 2.27. The summed E-state index contributed by atoms with van der Waals surface area (Å²) >= 11 is 2.63. The maximum atomic E-state index is 13.0. The Hall–Kier alpha value is -2.13. The third-order valence-electron chi connectivity index (χ3n) is 4.88. The van der Waals surface area contributed by atoms with Crippen LogP contribution in [0, 0.1) is 19.8 Å². The Balaban J connectivity index is 2.26. The minimum atomic E-state index is -0.702. The number of rotatable bonds is 9. The molecule has 0 spiro atoms. The summed E-state index contributed by atoms with van der Waals surface area (Å²) in [6, 6.07) is -0.702. The molecule has 2 aromatic heterocycles. The van der Waals surface area contributed by atoms with Crippen molar-refractivity contribution in [3.05, 3.63) is 33.4 Å². The van der Waals surface area contributed by atoms with Gasteiger partial charge in [-0.05, 0) is 25.3 Å². The number of nitrogens with one attached hydrogen (secondary N) is 1. The van der Waals surface area contributed by atoms with Gasteiger partial charge in [-0.15, -0.1) is 17.9 Å². The van der Waals surface area contributed by atoms with E-state index in [2.05, 4.69) is 16.9 Å². The Morgan fingerprint density at radius 2 is 2.10 bits per heavy atom. The standard InChI is InChI=1S/C20H27N3O4S2/c1-7-9-23-18(25)15-12(4)13(5)29-17(15)22-20(23)28-10-14(24)21-16(11(3)8-2)19(26)27-6/h7,11,16H,1,8-10H2,2-6H3,(H,21,24). The lowest BCUT2D eigenvalue weighted by Crippen LogP contribution is -2.46. The van der Waals surface area contributed by atoms with Crippen LogP contribution in [0.25, 0.3) is 10.2 Å². The number of methoxy groups -OCH3 is 1. The molecule has 0 aliphatic carbocycles. The number of carbonyl (C=O) groups is 2. The van der Waals surface area contributed by atoms with E-state index in [0.717, 1.165) is 16.9 Å². The summed E-state index contributed by atoms with van der Waals surface area (Å²) in [5, 5.41) is 3.81. The molecule has 2 rings (SSSR count). The van der Waals surface area contributed by atoms with Gasteiger partial charge in [-0.1, -0.05) is 38.1 Å². The van der Waals surface area contributed by atoms with Crippen LogP contribution in [0.3, 0.4) is 0 Å². The highest BCUT2D eigenvalue weighted by molar-refractivity contribution is 7.99. The van der Waals surface area contributed by atoms with Gasteiger partial charge in [0.1, 0.15) is 10.9 Å². The SMILES string of the molecule is C=CCn1c(SCC(=O)NC(C(=O)OC)C(C)CC)nc2sc(C)c(C)c2c1=O. The fourth-order valence-electron chi connectivity index (χ4n) is 2.85. The predicted octanol–water partition coefficient (Wildman–Crippen LogP) is 3.06. The monoisotopic (exact) mass is 437 g/mol. The van der Waals surface area contributed by atoms with Gasteiger partial charge in [0.25, 0.3) is 5.56 Å². The van der Waals surface area contributed by atoms with Crippen LogP contribution >= 0.6 is 23.1 Å². The molecule has 0 saturated carbocycles. The molecule has 2 aromatic rings. The van der Waals surface area contributed by atoms with E-state index in [1.54, 1.807) is 6.08 Å². The number of thiophene rings is 1. The number of thioether (sulfide) groups is 1. The van der Waals surface area contributed by atoms with Crippen LogP contribution in [0.2, 0.25) is 0 Å². The molecule has 2 heterocycles. The Morgan fingerprint density at radius 3 is 2.69 bits per heavy atom. The van der Waals surface area contributed by atoms with E-state index in [-0.39, 0.29) is 23.1 Å². The van der Waals surface area contributed by atoms with Crippen molar-refractivity contribution in [2.45, 2.75) is 51.9 Å². The molecule has 1 N–H and O–H groups in total. The van der Waals surface area contributed by atoms with Crippen molar-refractivity contribution >= 4 is 45.2 Å². The van der Waals surface area contributed by atoms with Crippen molar-refractivity contribution in [3.8, 4) is 0 Å². The molecule has 2 unspecified atom stereocenters. The van der Waals surface area contributed by atoms with Crippen LogP contribution in [0.1, 0.15) is 30.7 Å². The fourth-order valence-corrected chi connectivity index (χ4v) is 4.74. The molecule has 0 saturated heterocycles. The molecule has 7 nitrogen and oxygen atoms in total. The summed E-state index contributed by atoms with van der Waals surface area (Å²) in [4.78, 5) is 43.7. The van der Waals surface area contributed by atoms with Gasteiger partial charge in [0.05, 0.1) is 18.2 Å². The smallest absolute Gasteiger partial charge is 0.328 e. The number of aryl methyl sites for hydroxylation is 2. The first-order chi connectivity index (χ1) is 13.7. The second-order valence-electron chi connectivity index (χ2n) is 6.80. The molecule has 0 bridgehead atoms. The minimum Gasteiger partial charge on any atom is -0.467 e. The van der Waals surface area contributed by atoms with Crippen molar-refractivity contribution in [1.29, 1.82) is 0 Å². The summed E-state index contributed by atoms with van der Waals surface area (Å²) in [5.74, 6) is -0.807. The van der Waals surface area contributed by atoms with Crippen LogP contribution in [-0.2, 0) is 20.9 Å². The van der Waals surface area contributed by atoms with Crippen LogP contribution in [0.4, 0.5) is 0 Å². The molecule has 158 valence electrons. The van der Waals surface area contributed by atoms with Gasteiger partial charge in [-0.3, -0.25) is 14.2 Å². The molecule has 0 radical (unpaired) electrons. The summed E-state index contributed by atoms with van der Waals surface area (Å²) in [7, 11) is 1.30. The number of carbonyl (C=O) groups excluding carboxylic acids is 2. The summed E-state index contributed by atoms with van der Waals surface area (Å²) < 4.78 is 6.33. The number of hydrogen-bond acceptors (Lipinski definition) is 7. The zero-order valence-corrected chi connectivity index (χ0v) is 19.0. The molecule has 0 fully saturated rings. The first-order valence-electron chi connectivity index (χ1n) is 9.36. The third-order valence-corrected chi connectivity index (χ3v) is 6.96. The van der Waals surface area contributed by atoms with Gasteiger partial charge in [0, 0.05) is 11.4 Å². The van der Waals surface area contributed by atoms with E-state index in [0.29, 0.717) is 21.9 Å². The van der Waals surface area contributed by atoms with E-state index in [1.807, 2.05) is 27.7 Å². The molecule has 9 heteroatoms. The summed E-state index contributed by atoms with van der Waals surface area (Å²) in [6.07, 6.45) is 2.35. The number of allylic oxidation sites excluding steroid dienone is 1. The Kier molecular flexibility index (Phi) is 8.04. The first kappa shape index (κ1) is 23.2. The van der Waals surface area contributed by atoms with Gasteiger partial charge >= 0.3 is 5.97 Å². The number of aromatic nitrogens is 2.